The van der Waals surface area contributed by atoms with E-state index in [9.17, 15) is 4.79 Å². The van der Waals surface area contributed by atoms with Crippen LogP contribution in [0.1, 0.15) is 11.3 Å². The Kier molecular flexibility index (Phi) is 4.73. The van der Waals surface area contributed by atoms with Crippen LogP contribution in [0.2, 0.25) is 0 Å². The van der Waals surface area contributed by atoms with Gasteiger partial charge in [0.1, 0.15) is 17.4 Å². The zero-order chi connectivity index (χ0) is 15.1. The van der Waals surface area contributed by atoms with Crippen LogP contribution in [0, 0.1) is 18.3 Å². The summed E-state index contributed by atoms with van der Waals surface area (Å²) in [6.45, 7) is 1.89. The Morgan fingerprint density at radius 3 is 2.76 bits per heavy atom. The van der Waals surface area contributed by atoms with Gasteiger partial charge >= 0.3 is 0 Å². The molecule has 4 heteroatoms. The highest BCUT2D eigenvalue weighted by Crippen LogP contribution is 2.14. The average molecular weight is 278 g/mol. The Morgan fingerprint density at radius 1 is 1.29 bits per heavy atom. The van der Waals surface area contributed by atoms with Crippen LogP contribution < -0.4 is 5.32 Å². The summed E-state index contributed by atoms with van der Waals surface area (Å²) in [7, 11) is 0. The molecular formula is C17H14N2O2. The van der Waals surface area contributed by atoms with Crippen molar-refractivity contribution >= 4 is 17.7 Å². The summed E-state index contributed by atoms with van der Waals surface area (Å²) < 4.78 is 5.12. The Balaban J connectivity index is 2.09. The third-order valence-corrected chi connectivity index (χ3v) is 2.82. The molecule has 21 heavy (non-hydrogen) atoms. The maximum Gasteiger partial charge on any atom is 0.266 e. The van der Waals surface area contributed by atoms with Gasteiger partial charge in [0.25, 0.3) is 5.91 Å². The van der Waals surface area contributed by atoms with Crippen LogP contribution in [0.4, 0.5) is 5.69 Å². The number of allylic oxidation sites excluding steroid dienone is 2. The van der Waals surface area contributed by atoms with Crippen molar-refractivity contribution in [1.82, 2.24) is 0 Å². The Bertz CT molecular complexity index is 719. The van der Waals surface area contributed by atoms with Gasteiger partial charge in [0.15, 0.2) is 0 Å². The lowest BCUT2D eigenvalue weighted by molar-refractivity contribution is -0.112. The molecule has 0 saturated heterocycles. The van der Waals surface area contributed by atoms with Crippen molar-refractivity contribution in [3.05, 3.63) is 71.7 Å². The molecule has 0 aliphatic heterocycles. The smallest absolute Gasteiger partial charge is 0.266 e. The second-order valence-corrected chi connectivity index (χ2v) is 4.34. The van der Waals surface area contributed by atoms with Crippen molar-refractivity contribution in [2.45, 2.75) is 6.92 Å². The number of amides is 1. The van der Waals surface area contributed by atoms with E-state index in [1.165, 1.54) is 6.08 Å². The van der Waals surface area contributed by atoms with Crippen LogP contribution in [0.3, 0.4) is 0 Å². The zero-order valence-electron chi connectivity index (χ0n) is 11.5. The van der Waals surface area contributed by atoms with E-state index in [1.54, 1.807) is 36.6 Å². The van der Waals surface area contributed by atoms with E-state index in [0.717, 1.165) is 5.56 Å². The first-order valence-electron chi connectivity index (χ1n) is 6.39. The molecule has 2 aromatic rings. The number of carbonyl (C=O) groups is 1. The van der Waals surface area contributed by atoms with E-state index in [2.05, 4.69) is 5.32 Å². The summed E-state index contributed by atoms with van der Waals surface area (Å²) in [6, 6.07) is 12.8. The number of nitrogens with zero attached hydrogens (tertiary/aromatic N) is 1. The van der Waals surface area contributed by atoms with Crippen molar-refractivity contribution in [3.63, 3.8) is 0 Å². The number of carbonyl (C=O) groups excluding carboxylic acids is 1. The maximum absolute atomic E-state index is 12.0. The molecule has 1 N–H and O–H groups in total. The molecule has 1 aromatic heterocycles. The first-order chi connectivity index (χ1) is 10.2. The first-order valence-corrected chi connectivity index (χ1v) is 6.39. The van der Waals surface area contributed by atoms with Crippen LogP contribution in [0.25, 0.3) is 6.08 Å². The normalized spacial score (nSPS) is 11.3. The van der Waals surface area contributed by atoms with Crippen molar-refractivity contribution in [3.8, 4) is 6.07 Å². The fourth-order valence-corrected chi connectivity index (χ4v) is 1.69. The quantitative estimate of drug-likeness (QED) is 0.527. The number of hydrogen-bond acceptors (Lipinski definition) is 3. The number of aryl methyl sites for hydroxylation is 1. The minimum absolute atomic E-state index is 0.0288. The van der Waals surface area contributed by atoms with Crippen LogP contribution in [-0.4, -0.2) is 5.91 Å². The monoisotopic (exact) mass is 278 g/mol. The van der Waals surface area contributed by atoms with Gasteiger partial charge in [-0.1, -0.05) is 24.3 Å². The number of nitrogens with one attached hydrogen (secondary N) is 1. The summed E-state index contributed by atoms with van der Waals surface area (Å²) in [6.07, 6.45) is 6.29. The third kappa shape index (κ3) is 3.95. The molecule has 1 heterocycles. The first kappa shape index (κ1) is 14.4. The van der Waals surface area contributed by atoms with Gasteiger partial charge in [-0.3, -0.25) is 4.79 Å². The van der Waals surface area contributed by atoms with Crippen LogP contribution in [0.5, 0.6) is 0 Å². The van der Waals surface area contributed by atoms with Crippen molar-refractivity contribution in [2.24, 2.45) is 0 Å². The van der Waals surface area contributed by atoms with E-state index >= 15 is 0 Å². The summed E-state index contributed by atoms with van der Waals surface area (Å²) in [4.78, 5) is 12.0. The summed E-state index contributed by atoms with van der Waals surface area (Å²) in [5.41, 5.74) is 1.66. The third-order valence-electron chi connectivity index (χ3n) is 2.82. The summed E-state index contributed by atoms with van der Waals surface area (Å²) >= 11 is 0. The van der Waals surface area contributed by atoms with Gasteiger partial charge in [-0.2, -0.15) is 5.26 Å². The predicted molar refractivity (Wildman–Crippen MR) is 81.2 cm³/mol. The van der Waals surface area contributed by atoms with Crippen LogP contribution in [-0.2, 0) is 4.79 Å². The molecule has 0 radical (unpaired) electrons. The molecule has 0 unspecified atom stereocenters. The Labute approximate surface area is 123 Å². The van der Waals surface area contributed by atoms with Gasteiger partial charge in [-0.25, -0.2) is 0 Å². The highest BCUT2D eigenvalue weighted by molar-refractivity contribution is 6.07. The minimum atomic E-state index is -0.434. The summed E-state index contributed by atoms with van der Waals surface area (Å²) in [5, 5.41) is 11.8. The number of hydrogen-bond donors (Lipinski definition) is 1. The predicted octanol–water partition coefficient (Wildman–Crippen LogP) is 3.69. The second kappa shape index (κ2) is 6.92. The molecule has 104 valence electrons. The number of nitriles is 1. The maximum atomic E-state index is 12.0. The SMILES string of the molecule is Cc1ccccc1NC(=O)/C(C#N)=C\C=C\c1ccco1. The molecule has 4 nitrogen and oxygen atoms in total. The van der Waals surface area contributed by atoms with Crippen molar-refractivity contribution in [1.29, 1.82) is 5.26 Å². The van der Waals surface area contributed by atoms with E-state index in [4.69, 9.17) is 9.68 Å². The molecule has 0 aliphatic carbocycles. The molecule has 0 fully saturated rings. The Morgan fingerprint density at radius 2 is 2.10 bits per heavy atom. The number of furan rings is 1. The van der Waals surface area contributed by atoms with Gasteiger partial charge in [0, 0.05) is 5.69 Å². The number of anilines is 1. The van der Waals surface area contributed by atoms with Gasteiger partial charge < -0.3 is 9.73 Å². The molecule has 1 aromatic carbocycles. The molecule has 0 bridgehead atoms. The molecule has 1 amide bonds. The van der Waals surface area contributed by atoms with Gasteiger partial charge in [0.05, 0.1) is 6.26 Å². The van der Waals surface area contributed by atoms with Gasteiger partial charge in [0.2, 0.25) is 0 Å². The fraction of sp³-hybridized carbons (Fsp3) is 0.0588. The minimum Gasteiger partial charge on any atom is -0.465 e. The standard InChI is InChI=1S/C17H14N2O2/c1-13-6-2-3-10-16(13)19-17(20)14(12-18)7-4-8-15-9-5-11-21-15/h2-11H,1H3,(H,19,20)/b8-4+,14-7-. The average Bonchev–Trinajstić information content (AvgIpc) is 2.99. The van der Waals surface area contributed by atoms with E-state index in [1.807, 2.05) is 31.2 Å². The number of para-hydroxylation sites is 1. The zero-order valence-corrected chi connectivity index (χ0v) is 11.5. The van der Waals surface area contributed by atoms with Gasteiger partial charge in [-0.15, -0.1) is 0 Å². The molecular weight excluding hydrogens is 264 g/mol. The van der Waals surface area contributed by atoms with E-state index in [0.29, 0.717) is 11.4 Å². The topological polar surface area (TPSA) is 66.0 Å². The Hall–Kier alpha value is -3.06. The van der Waals surface area contributed by atoms with Crippen LogP contribution in [0.15, 0.2) is 64.8 Å². The fourth-order valence-electron chi connectivity index (χ4n) is 1.69. The molecule has 0 atom stereocenters. The van der Waals surface area contributed by atoms with Gasteiger partial charge in [-0.05, 0) is 42.8 Å². The molecule has 0 aliphatic rings. The van der Waals surface area contributed by atoms with Crippen LogP contribution >= 0.6 is 0 Å². The highest BCUT2D eigenvalue weighted by atomic mass is 16.3. The highest BCUT2D eigenvalue weighted by Gasteiger charge is 2.09. The molecule has 2 rings (SSSR count). The van der Waals surface area contributed by atoms with Crippen molar-refractivity contribution < 1.29 is 9.21 Å². The molecule has 0 saturated carbocycles. The number of rotatable bonds is 4. The second-order valence-electron chi connectivity index (χ2n) is 4.34. The summed E-state index contributed by atoms with van der Waals surface area (Å²) in [5.74, 6) is 0.221. The van der Waals surface area contributed by atoms with E-state index < -0.39 is 5.91 Å². The largest absolute Gasteiger partial charge is 0.465 e. The number of benzene rings is 1. The molecule has 0 spiro atoms. The lowest BCUT2D eigenvalue weighted by Gasteiger charge is -2.06. The lowest BCUT2D eigenvalue weighted by Crippen LogP contribution is -2.14. The van der Waals surface area contributed by atoms with Crippen molar-refractivity contribution in [2.75, 3.05) is 5.32 Å². The van der Waals surface area contributed by atoms with E-state index in [-0.39, 0.29) is 5.57 Å². The lowest BCUT2D eigenvalue weighted by atomic mass is 10.2.